The second-order valence-electron chi connectivity index (χ2n) is 5.68. The van der Waals surface area contributed by atoms with Gasteiger partial charge in [-0.3, -0.25) is 4.90 Å². The van der Waals surface area contributed by atoms with E-state index >= 15 is 0 Å². The van der Waals surface area contributed by atoms with E-state index in [1.807, 2.05) is 36.6 Å². The van der Waals surface area contributed by atoms with Gasteiger partial charge in [0.25, 0.3) is 0 Å². The molecule has 1 aromatic rings. The molecule has 0 aliphatic heterocycles. The van der Waals surface area contributed by atoms with Gasteiger partial charge >= 0.3 is 12.1 Å². The Bertz CT molecular complexity index is 530. The van der Waals surface area contributed by atoms with Gasteiger partial charge in [0.15, 0.2) is 0 Å². The number of halogens is 1. The first-order valence-corrected chi connectivity index (χ1v) is 11.3. The lowest BCUT2D eigenvalue weighted by Gasteiger charge is -2.29. The van der Waals surface area contributed by atoms with Gasteiger partial charge in [-0.1, -0.05) is 46.3 Å². The number of rotatable bonds is 12. The summed E-state index contributed by atoms with van der Waals surface area (Å²) in [5.41, 5.74) is 0.915. The minimum atomic E-state index is -0.610. The Kier molecular flexibility index (Phi) is 12.2. The first-order valence-electron chi connectivity index (χ1n) is 8.82. The van der Waals surface area contributed by atoms with Crippen molar-refractivity contribution < 1.29 is 19.1 Å². The Balaban J connectivity index is 2.82. The quantitative estimate of drug-likeness (QED) is 0.269. The molecule has 0 saturated carbocycles. The van der Waals surface area contributed by atoms with Crippen LogP contribution in [0.25, 0.3) is 0 Å². The Labute approximate surface area is 168 Å². The third-order valence-corrected chi connectivity index (χ3v) is 4.96. The molecule has 146 valence electrons. The fraction of sp³-hybridized carbons (Fsp3) is 0.579. The fourth-order valence-corrected chi connectivity index (χ4v) is 3.28. The summed E-state index contributed by atoms with van der Waals surface area (Å²) in [6.45, 7) is 2.72. The molecule has 5 nitrogen and oxygen atoms in total. The molecule has 0 unspecified atom stereocenters. The van der Waals surface area contributed by atoms with Crippen molar-refractivity contribution in [2.45, 2.75) is 38.8 Å². The molecule has 1 aromatic carbocycles. The summed E-state index contributed by atoms with van der Waals surface area (Å²) in [7, 11) is 0. The van der Waals surface area contributed by atoms with Crippen LogP contribution in [0.5, 0.6) is 0 Å². The predicted octanol–water partition coefficient (Wildman–Crippen LogP) is 4.49. The topological polar surface area (TPSA) is 55.8 Å². The number of benzene rings is 1. The van der Waals surface area contributed by atoms with Crippen LogP contribution < -0.4 is 0 Å². The zero-order valence-corrected chi connectivity index (χ0v) is 17.9. The SMILES string of the molecule is CCOC(=O)[C@H](CCSC)N(CCCCBr)C(=O)OCc1ccccc1. The van der Waals surface area contributed by atoms with Gasteiger partial charge in [-0.15, -0.1) is 0 Å². The van der Waals surface area contributed by atoms with Crippen LogP contribution in [-0.4, -0.2) is 53.5 Å². The molecule has 0 heterocycles. The van der Waals surface area contributed by atoms with Crippen LogP contribution in [0.15, 0.2) is 30.3 Å². The molecule has 0 N–H and O–H groups in total. The van der Waals surface area contributed by atoms with Crippen LogP contribution in [0.1, 0.15) is 31.7 Å². The minimum Gasteiger partial charge on any atom is -0.464 e. The Morgan fingerprint density at radius 2 is 1.92 bits per heavy atom. The summed E-state index contributed by atoms with van der Waals surface area (Å²) in [5.74, 6) is 0.404. The van der Waals surface area contributed by atoms with E-state index in [1.54, 1.807) is 18.7 Å². The van der Waals surface area contributed by atoms with Gasteiger partial charge in [0.05, 0.1) is 6.61 Å². The monoisotopic (exact) mass is 445 g/mol. The average Bonchev–Trinajstić information content (AvgIpc) is 2.66. The molecular weight excluding hydrogens is 418 g/mol. The van der Waals surface area contributed by atoms with E-state index in [2.05, 4.69) is 15.9 Å². The lowest BCUT2D eigenvalue weighted by atomic mass is 10.2. The largest absolute Gasteiger partial charge is 0.464 e. The first-order chi connectivity index (χ1) is 12.6. The van der Waals surface area contributed by atoms with Crippen LogP contribution in [0.2, 0.25) is 0 Å². The molecule has 0 aliphatic rings. The average molecular weight is 446 g/mol. The molecule has 0 aromatic heterocycles. The third kappa shape index (κ3) is 8.45. The Morgan fingerprint density at radius 3 is 2.54 bits per heavy atom. The van der Waals surface area contributed by atoms with E-state index in [9.17, 15) is 9.59 Å². The fourth-order valence-electron chi connectivity index (χ4n) is 2.42. The summed E-state index contributed by atoms with van der Waals surface area (Å²) >= 11 is 5.04. The number of thioether (sulfide) groups is 1. The molecule has 1 amide bonds. The van der Waals surface area contributed by atoms with Crippen molar-refractivity contribution in [1.29, 1.82) is 0 Å². The van der Waals surface area contributed by atoms with Gasteiger partial charge in [-0.05, 0) is 43.8 Å². The highest BCUT2D eigenvalue weighted by Crippen LogP contribution is 2.15. The zero-order chi connectivity index (χ0) is 19.2. The van der Waals surface area contributed by atoms with Gasteiger partial charge in [-0.2, -0.15) is 11.8 Å². The van der Waals surface area contributed by atoms with Gasteiger partial charge in [0, 0.05) is 11.9 Å². The zero-order valence-electron chi connectivity index (χ0n) is 15.5. The molecule has 0 aliphatic carbocycles. The molecule has 0 spiro atoms. The van der Waals surface area contributed by atoms with Crippen LogP contribution in [0, 0.1) is 0 Å². The van der Waals surface area contributed by atoms with Crippen molar-refractivity contribution >= 4 is 39.8 Å². The summed E-state index contributed by atoms with van der Waals surface area (Å²) in [5, 5.41) is 0.856. The summed E-state index contributed by atoms with van der Waals surface area (Å²) in [6.07, 6.45) is 3.77. The molecule has 1 rings (SSSR count). The van der Waals surface area contributed by atoms with Crippen molar-refractivity contribution in [2.75, 3.05) is 30.5 Å². The number of hydrogen-bond acceptors (Lipinski definition) is 5. The van der Waals surface area contributed by atoms with Crippen molar-refractivity contribution in [2.24, 2.45) is 0 Å². The molecule has 1 atom stereocenters. The second kappa shape index (κ2) is 13.9. The van der Waals surface area contributed by atoms with Crippen molar-refractivity contribution in [1.82, 2.24) is 4.90 Å². The first kappa shape index (κ1) is 22.8. The lowest BCUT2D eigenvalue weighted by molar-refractivity contribution is -0.149. The van der Waals surface area contributed by atoms with Crippen LogP contribution in [0.3, 0.4) is 0 Å². The van der Waals surface area contributed by atoms with E-state index < -0.39 is 12.1 Å². The number of amides is 1. The highest BCUT2D eigenvalue weighted by Gasteiger charge is 2.31. The molecule has 26 heavy (non-hydrogen) atoms. The van der Waals surface area contributed by atoms with Crippen molar-refractivity contribution in [3.05, 3.63) is 35.9 Å². The van der Waals surface area contributed by atoms with E-state index in [0.717, 1.165) is 29.5 Å². The predicted molar refractivity (Wildman–Crippen MR) is 110 cm³/mol. The molecule has 0 bridgehead atoms. The Hall–Kier alpha value is -1.21. The van der Waals surface area contributed by atoms with Gasteiger partial charge < -0.3 is 9.47 Å². The maximum absolute atomic E-state index is 12.7. The van der Waals surface area contributed by atoms with E-state index in [1.165, 1.54) is 4.90 Å². The van der Waals surface area contributed by atoms with Gasteiger partial charge in [0.2, 0.25) is 0 Å². The molecular formula is C19H28BrNO4S. The second-order valence-corrected chi connectivity index (χ2v) is 7.46. The van der Waals surface area contributed by atoms with Crippen LogP contribution >= 0.6 is 27.7 Å². The summed E-state index contributed by atoms with van der Waals surface area (Å²) in [6, 6.07) is 8.91. The molecule has 0 saturated heterocycles. The van der Waals surface area contributed by atoms with E-state index in [4.69, 9.17) is 9.47 Å². The normalized spacial score (nSPS) is 11.7. The number of hydrogen-bond donors (Lipinski definition) is 0. The summed E-state index contributed by atoms with van der Waals surface area (Å²) < 4.78 is 10.7. The highest BCUT2D eigenvalue weighted by molar-refractivity contribution is 9.09. The molecule has 7 heteroatoms. The third-order valence-electron chi connectivity index (χ3n) is 3.75. The number of unbranched alkanes of at least 4 members (excludes halogenated alkanes) is 1. The van der Waals surface area contributed by atoms with Crippen LogP contribution in [-0.2, 0) is 20.9 Å². The maximum Gasteiger partial charge on any atom is 0.410 e. The standard InChI is InChI=1S/C19H28BrNO4S/c1-3-24-18(22)17(11-14-26-2)21(13-8-7-12-20)19(23)25-15-16-9-5-4-6-10-16/h4-6,9-10,17H,3,7-8,11-15H2,1-2H3/t17-/m0/s1. The van der Waals surface area contributed by atoms with E-state index in [0.29, 0.717) is 19.6 Å². The maximum atomic E-state index is 12.7. The van der Waals surface area contributed by atoms with E-state index in [-0.39, 0.29) is 12.6 Å². The molecule has 0 fully saturated rings. The highest BCUT2D eigenvalue weighted by atomic mass is 79.9. The van der Waals surface area contributed by atoms with Crippen molar-refractivity contribution in [3.8, 4) is 0 Å². The van der Waals surface area contributed by atoms with Gasteiger partial charge in [0.1, 0.15) is 12.6 Å². The molecule has 0 radical (unpaired) electrons. The van der Waals surface area contributed by atoms with Gasteiger partial charge in [-0.25, -0.2) is 9.59 Å². The van der Waals surface area contributed by atoms with Crippen molar-refractivity contribution in [3.63, 3.8) is 0 Å². The lowest BCUT2D eigenvalue weighted by Crippen LogP contribution is -2.47. The summed E-state index contributed by atoms with van der Waals surface area (Å²) in [4.78, 5) is 26.6. The number of nitrogens with zero attached hydrogens (tertiary/aromatic N) is 1. The number of alkyl halides is 1. The smallest absolute Gasteiger partial charge is 0.410 e. The number of carbonyl (C=O) groups excluding carboxylic acids is 2. The van der Waals surface area contributed by atoms with Crippen LogP contribution in [0.4, 0.5) is 4.79 Å². The number of esters is 1. The minimum absolute atomic E-state index is 0.187. The Morgan fingerprint density at radius 1 is 1.19 bits per heavy atom. The number of ether oxygens (including phenoxy) is 2. The number of carbonyl (C=O) groups is 2.